The molecule has 43 heavy (non-hydrogen) atoms. The molecular formula is C36H60N6O. The van der Waals surface area contributed by atoms with Gasteiger partial charge in [-0.05, 0) is 70.4 Å². The van der Waals surface area contributed by atoms with Gasteiger partial charge in [-0.3, -0.25) is 9.80 Å². The molecule has 0 atom stereocenters. The molecule has 1 saturated heterocycles. The Morgan fingerprint density at radius 3 is 2.02 bits per heavy atom. The Morgan fingerprint density at radius 1 is 0.860 bits per heavy atom. The van der Waals surface area contributed by atoms with Gasteiger partial charge in [0.1, 0.15) is 11.6 Å². The number of nitrogens with two attached hydrogens (primary N) is 1. The maximum absolute atomic E-state index is 6.25. The first-order chi connectivity index (χ1) is 20.7. The number of ether oxygens (including phenoxy) is 1. The number of aliphatic imine (C=N–C) groups is 2. The van der Waals surface area contributed by atoms with Crippen molar-refractivity contribution in [2.45, 2.75) is 95.0 Å². The highest BCUT2D eigenvalue weighted by molar-refractivity contribution is 6.01. The molecule has 0 radical (unpaired) electrons. The highest BCUT2D eigenvalue weighted by Crippen LogP contribution is 2.21. The van der Waals surface area contributed by atoms with Crippen molar-refractivity contribution in [3.8, 4) is 5.75 Å². The van der Waals surface area contributed by atoms with Crippen molar-refractivity contribution in [2.24, 2.45) is 15.7 Å². The minimum Gasteiger partial charge on any atom is -0.494 e. The van der Waals surface area contributed by atoms with Crippen molar-refractivity contribution in [3.63, 3.8) is 0 Å². The summed E-state index contributed by atoms with van der Waals surface area (Å²) in [4.78, 5) is 14.2. The lowest BCUT2D eigenvalue weighted by molar-refractivity contribution is 0.134. The van der Waals surface area contributed by atoms with Gasteiger partial charge in [-0.25, -0.2) is 9.98 Å². The number of hydrogen-bond acceptors (Lipinski definition) is 4. The van der Waals surface area contributed by atoms with E-state index in [9.17, 15) is 0 Å². The molecule has 1 fully saturated rings. The summed E-state index contributed by atoms with van der Waals surface area (Å²) >= 11 is 0. The molecule has 1 aliphatic heterocycles. The summed E-state index contributed by atoms with van der Waals surface area (Å²) in [6, 6.07) is 14.8. The molecule has 7 nitrogen and oxygen atoms in total. The summed E-state index contributed by atoms with van der Waals surface area (Å²) in [5.41, 5.74) is 13.2. The van der Waals surface area contributed by atoms with Crippen LogP contribution in [0.1, 0.15) is 91.3 Å². The molecule has 0 unspecified atom stereocenters. The maximum atomic E-state index is 6.25. The van der Waals surface area contributed by atoms with Gasteiger partial charge in [0.2, 0.25) is 5.96 Å². The number of guanidine groups is 1. The van der Waals surface area contributed by atoms with Crippen LogP contribution >= 0.6 is 0 Å². The number of amidine groups is 1. The van der Waals surface area contributed by atoms with E-state index < -0.39 is 0 Å². The van der Waals surface area contributed by atoms with Crippen molar-refractivity contribution in [2.75, 3.05) is 44.6 Å². The topological polar surface area (TPSA) is 78.5 Å². The molecule has 7 heteroatoms. The van der Waals surface area contributed by atoms with Crippen LogP contribution in [-0.2, 0) is 6.54 Å². The number of unbranched alkanes of at least 4 members (excludes halogenated alkanes) is 1. The second-order valence-electron chi connectivity index (χ2n) is 10.8. The number of anilines is 1. The highest BCUT2D eigenvalue weighted by atomic mass is 16.5. The second kappa shape index (κ2) is 21.5. The van der Waals surface area contributed by atoms with E-state index in [0.29, 0.717) is 6.61 Å². The molecule has 0 saturated carbocycles. The van der Waals surface area contributed by atoms with E-state index >= 15 is 0 Å². The Kier molecular flexibility index (Phi) is 18.9. The van der Waals surface area contributed by atoms with Gasteiger partial charge >= 0.3 is 0 Å². The van der Waals surface area contributed by atoms with Crippen LogP contribution in [0.5, 0.6) is 5.75 Å². The van der Waals surface area contributed by atoms with Crippen LogP contribution in [0.4, 0.5) is 5.69 Å². The van der Waals surface area contributed by atoms with Crippen LogP contribution in [0.15, 0.2) is 63.7 Å². The molecule has 0 aliphatic carbocycles. The lowest BCUT2D eigenvalue weighted by Gasteiger charge is -2.35. The number of benzene rings is 2. The minimum atomic E-state index is 0.281. The predicted octanol–water partition coefficient (Wildman–Crippen LogP) is 8.18. The van der Waals surface area contributed by atoms with Gasteiger partial charge in [0.05, 0.1) is 12.3 Å². The van der Waals surface area contributed by atoms with Gasteiger partial charge in [0.15, 0.2) is 0 Å². The Morgan fingerprint density at radius 2 is 1.47 bits per heavy atom. The average molecular weight is 593 g/mol. The van der Waals surface area contributed by atoms with E-state index in [1.807, 2.05) is 39.8 Å². The SMILES string of the molecule is CC.CCCC.CCOc1cc(CN2CCN(CC(N=C(N)/N=C(\C)Nc3ccc(C)cc3)=C(C)CC)CC2)ccc1C. The van der Waals surface area contributed by atoms with Crippen molar-refractivity contribution in [3.05, 3.63) is 70.4 Å². The van der Waals surface area contributed by atoms with E-state index in [4.69, 9.17) is 15.5 Å². The van der Waals surface area contributed by atoms with E-state index in [2.05, 4.69) is 92.0 Å². The number of rotatable bonds is 10. The number of hydrogen-bond donors (Lipinski definition) is 2. The third kappa shape index (κ3) is 14.7. The van der Waals surface area contributed by atoms with Crippen molar-refractivity contribution >= 4 is 17.5 Å². The fourth-order valence-corrected chi connectivity index (χ4v) is 4.31. The molecular weight excluding hydrogens is 532 g/mol. The van der Waals surface area contributed by atoms with Gasteiger partial charge in [-0.15, -0.1) is 0 Å². The minimum absolute atomic E-state index is 0.281. The van der Waals surface area contributed by atoms with E-state index in [1.165, 1.54) is 35.1 Å². The lowest BCUT2D eigenvalue weighted by atomic mass is 10.1. The number of aryl methyl sites for hydroxylation is 2. The standard InChI is InChI=1S/C30H44N6O.C4H10.C2H6/c1-7-23(4)28(34-30(31)33-25(6)32-27-13-9-22(3)10-14-27)21-36-17-15-35(16-18-36)20-26-12-11-24(5)29(19-26)37-8-2;1-3-4-2;1-2/h9-14,19H,7-8,15-18,20-21H2,1-6H3,(H3,31,32,33,34);3-4H2,1-2H3;1-2H3. The predicted molar refractivity (Wildman–Crippen MR) is 189 cm³/mol. The smallest absolute Gasteiger partial charge is 0.221 e. The van der Waals surface area contributed by atoms with Gasteiger partial charge in [-0.2, -0.15) is 0 Å². The van der Waals surface area contributed by atoms with Crippen LogP contribution in [0.3, 0.4) is 0 Å². The molecule has 0 spiro atoms. The number of nitrogens with one attached hydrogen (secondary N) is 1. The maximum Gasteiger partial charge on any atom is 0.221 e. The summed E-state index contributed by atoms with van der Waals surface area (Å²) in [7, 11) is 0. The molecule has 2 aromatic rings. The van der Waals surface area contributed by atoms with Gasteiger partial charge in [-0.1, -0.05) is 82.9 Å². The molecule has 0 aromatic heterocycles. The van der Waals surface area contributed by atoms with Crippen LogP contribution in [0.2, 0.25) is 0 Å². The van der Waals surface area contributed by atoms with Crippen LogP contribution in [0.25, 0.3) is 0 Å². The molecule has 240 valence electrons. The summed E-state index contributed by atoms with van der Waals surface area (Å²) in [6.07, 6.45) is 3.58. The van der Waals surface area contributed by atoms with Crippen molar-refractivity contribution < 1.29 is 4.74 Å². The monoisotopic (exact) mass is 592 g/mol. The van der Waals surface area contributed by atoms with Crippen LogP contribution in [-0.4, -0.2) is 60.9 Å². The first-order valence-corrected chi connectivity index (χ1v) is 16.3. The number of nitrogens with zero attached hydrogens (tertiary/aromatic N) is 4. The first kappa shape index (κ1) is 37.9. The first-order valence-electron chi connectivity index (χ1n) is 16.3. The quantitative estimate of drug-likeness (QED) is 0.215. The van der Waals surface area contributed by atoms with Gasteiger partial charge < -0.3 is 15.8 Å². The molecule has 1 aliphatic rings. The van der Waals surface area contributed by atoms with Crippen LogP contribution in [0, 0.1) is 13.8 Å². The summed E-state index contributed by atoms with van der Waals surface area (Å²) in [5.74, 6) is 1.99. The lowest BCUT2D eigenvalue weighted by Crippen LogP contribution is -2.46. The second-order valence-corrected chi connectivity index (χ2v) is 10.8. The van der Waals surface area contributed by atoms with E-state index in [0.717, 1.165) is 68.7 Å². The largest absolute Gasteiger partial charge is 0.494 e. The average Bonchev–Trinajstić information content (AvgIpc) is 3.01. The number of piperazine rings is 1. The zero-order valence-electron chi connectivity index (χ0n) is 28.9. The number of allylic oxidation sites excluding steroid dienone is 1. The fourth-order valence-electron chi connectivity index (χ4n) is 4.31. The Labute approximate surface area is 263 Å². The zero-order chi connectivity index (χ0) is 32.2. The van der Waals surface area contributed by atoms with E-state index in [-0.39, 0.29) is 5.96 Å². The molecule has 3 rings (SSSR count). The van der Waals surface area contributed by atoms with Gasteiger partial charge in [0, 0.05) is 45.0 Å². The van der Waals surface area contributed by atoms with Crippen molar-refractivity contribution in [1.29, 1.82) is 0 Å². The Hall–Kier alpha value is -3.16. The normalized spacial score (nSPS) is 15.0. The Bertz CT molecular complexity index is 1140. The van der Waals surface area contributed by atoms with Crippen LogP contribution < -0.4 is 15.8 Å². The summed E-state index contributed by atoms with van der Waals surface area (Å²) < 4.78 is 5.78. The highest BCUT2D eigenvalue weighted by Gasteiger charge is 2.19. The fraction of sp³-hybridized carbons (Fsp3) is 0.556. The third-order valence-electron chi connectivity index (χ3n) is 7.23. The Balaban J connectivity index is 0.00000142. The van der Waals surface area contributed by atoms with Gasteiger partial charge in [0.25, 0.3) is 0 Å². The molecule has 1 heterocycles. The molecule has 0 bridgehead atoms. The molecule has 2 aromatic carbocycles. The third-order valence-corrected chi connectivity index (χ3v) is 7.23. The molecule has 3 N–H and O–H groups in total. The summed E-state index contributed by atoms with van der Waals surface area (Å²) in [5, 5.41) is 3.29. The molecule has 0 amide bonds. The zero-order valence-corrected chi connectivity index (χ0v) is 28.9. The van der Waals surface area contributed by atoms with E-state index in [1.54, 1.807) is 0 Å². The summed E-state index contributed by atoms with van der Waals surface area (Å²) in [6.45, 7) is 27.2. The van der Waals surface area contributed by atoms with Crippen molar-refractivity contribution in [1.82, 2.24) is 9.80 Å².